The van der Waals surface area contributed by atoms with E-state index in [0.29, 0.717) is 17.3 Å². The molecule has 2 heterocycles. The van der Waals surface area contributed by atoms with Gasteiger partial charge in [-0.15, -0.1) is 0 Å². The molecule has 5 nitrogen and oxygen atoms in total. The molecule has 4 rings (SSSR count). The van der Waals surface area contributed by atoms with Crippen molar-refractivity contribution in [2.24, 2.45) is 0 Å². The Labute approximate surface area is 147 Å². The Bertz CT molecular complexity index is 892. The van der Waals surface area contributed by atoms with Crippen molar-refractivity contribution >= 4 is 11.5 Å². The SMILES string of the molecule is Cc1ccc(Oc2ncnc(N3CCc4ccccc4C3)c2N)cc1. The number of rotatable bonds is 3. The molecular weight excluding hydrogens is 312 g/mol. The summed E-state index contributed by atoms with van der Waals surface area (Å²) in [5.41, 5.74) is 10.7. The highest BCUT2D eigenvalue weighted by molar-refractivity contribution is 5.68. The van der Waals surface area contributed by atoms with Crippen LogP contribution in [0.5, 0.6) is 11.6 Å². The number of hydrogen-bond acceptors (Lipinski definition) is 5. The van der Waals surface area contributed by atoms with Gasteiger partial charge >= 0.3 is 0 Å². The lowest BCUT2D eigenvalue weighted by Gasteiger charge is -2.30. The number of aromatic nitrogens is 2. The molecule has 0 bridgehead atoms. The first kappa shape index (κ1) is 15.4. The Morgan fingerprint density at radius 2 is 1.76 bits per heavy atom. The Balaban J connectivity index is 1.60. The number of nitrogen functional groups attached to an aromatic ring is 1. The van der Waals surface area contributed by atoms with Crippen LogP contribution in [0.3, 0.4) is 0 Å². The first-order valence-corrected chi connectivity index (χ1v) is 8.37. The van der Waals surface area contributed by atoms with E-state index in [0.717, 1.165) is 25.3 Å². The first-order chi connectivity index (χ1) is 12.2. The third-order valence-corrected chi connectivity index (χ3v) is 4.49. The summed E-state index contributed by atoms with van der Waals surface area (Å²) in [4.78, 5) is 10.8. The van der Waals surface area contributed by atoms with Crippen LogP contribution in [0, 0.1) is 6.92 Å². The maximum absolute atomic E-state index is 6.32. The Morgan fingerprint density at radius 3 is 2.56 bits per heavy atom. The Kier molecular flexibility index (Phi) is 3.98. The molecule has 0 unspecified atom stereocenters. The van der Waals surface area contributed by atoms with Crippen LogP contribution in [0.4, 0.5) is 11.5 Å². The van der Waals surface area contributed by atoms with Gasteiger partial charge in [0.2, 0.25) is 5.88 Å². The Hall–Kier alpha value is -3.08. The topological polar surface area (TPSA) is 64.3 Å². The standard InChI is InChI=1S/C20H20N4O/c1-14-6-8-17(9-7-14)25-20-18(21)19(22-13-23-20)24-11-10-15-4-2-3-5-16(15)12-24/h2-9,13H,10-12,21H2,1H3. The second-order valence-corrected chi connectivity index (χ2v) is 6.27. The van der Waals surface area contributed by atoms with Crippen LogP contribution in [-0.4, -0.2) is 16.5 Å². The van der Waals surface area contributed by atoms with Crippen molar-refractivity contribution in [2.45, 2.75) is 19.9 Å². The van der Waals surface area contributed by atoms with E-state index >= 15 is 0 Å². The maximum atomic E-state index is 6.32. The van der Waals surface area contributed by atoms with Crippen LogP contribution in [0.15, 0.2) is 54.9 Å². The highest BCUT2D eigenvalue weighted by Crippen LogP contribution is 2.33. The van der Waals surface area contributed by atoms with Gasteiger partial charge in [0.05, 0.1) is 0 Å². The summed E-state index contributed by atoms with van der Waals surface area (Å²) in [6, 6.07) is 16.3. The number of fused-ring (bicyclic) bond motifs is 1. The molecule has 1 aromatic heterocycles. The molecule has 1 aliphatic rings. The quantitative estimate of drug-likeness (QED) is 0.792. The first-order valence-electron chi connectivity index (χ1n) is 8.37. The molecule has 0 aliphatic carbocycles. The van der Waals surface area contributed by atoms with Gasteiger partial charge < -0.3 is 15.4 Å². The van der Waals surface area contributed by atoms with Crippen LogP contribution < -0.4 is 15.4 Å². The lowest BCUT2D eigenvalue weighted by molar-refractivity contribution is 0.464. The Morgan fingerprint density at radius 1 is 1.00 bits per heavy atom. The minimum Gasteiger partial charge on any atom is -0.437 e. The third kappa shape index (κ3) is 3.13. The predicted octanol–water partition coefficient (Wildman–Crippen LogP) is 3.72. The van der Waals surface area contributed by atoms with Crippen molar-refractivity contribution in [1.29, 1.82) is 0 Å². The molecule has 0 spiro atoms. The molecule has 1 aliphatic heterocycles. The summed E-state index contributed by atoms with van der Waals surface area (Å²) in [5, 5.41) is 0. The van der Waals surface area contributed by atoms with Gasteiger partial charge in [-0.1, -0.05) is 42.0 Å². The second kappa shape index (κ2) is 6.43. The lowest BCUT2D eigenvalue weighted by Crippen LogP contribution is -2.31. The molecule has 2 aromatic carbocycles. The molecule has 0 atom stereocenters. The van der Waals surface area contributed by atoms with Crippen molar-refractivity contribution in [2.75, 3.05) is 17.2 Å². The van der Waals surface area contributed by atoms with E-state index in [2.05, 4.69) is 39.1 Å². The van der Waals surface area contributed by atoms with Gasteiger partial charge in [-0.25, -0.2) is 4.98 Å². The number of hydrogen-bond donors (Lipinski definition) is 1. The highest BCUT2D eigenvalue weighted by atomic mass is 16.5. The van der Waals surface area contributed by atoms with Crippen LogP contribution in [-0.2, 0) is 13.0 Å². The van der Waals surface area contributed by atoms with Gasteiger partial charge in [-0.2, -0.15) is 4.98 Å². The summed E-state index contributed by atoms with van der Waals surface area (Å²) in [6.07, 6.45) is 2.49. The molecule has 0 amide bonds. The molecule has 25 heavy (non-hydrogen) atoms. The molecular formula is C20H20N4O. The molecule has 5 heteroatoms. The average Bonchev–Trinajstić information content (AvgIpc) is 2.65. The van der Waals surface area contributed by atoms with Gasteiger partial charge in [0, 0.05) is 13.1 Å². The molecule has 2 N–H and O–H groups in total. The van der Waals surface area contributed by atoms with E-state index in [4.69, 9.17) is 10.5 Å². The van der Waals surface area contributed by atoms with E-state index in [1.54, 1.807) is 0 Å². The van der Waals surface area contributed by atoms with Gasteiger partial charge in [0.1, 0.15) is 17.8 Å². The summed E-state index contributed by atoms with van der Waals surface area (Å²) >= 11 is 0. The molecule has 126 valence electrons. The minimum atomic E-state index is 0.396. The van der Waals surface area contributed by atoms with E-state index in [-0.39, 0.29) is 0 Å². The summed E-state index contributed by atoms with van der Waals surface area (Å²) in [7, 11) is 0. The molecule has 0 fully saturated rings. The van der Waals surface area contributed by atoms with Crippen molar-refractivity contribution in [1.82, 2.24) is 9.97 Å². The van der Waals surface area contributed by atoms with Crippen molar-refractivity contribution in [3.8, 4) is 11.6 Å². The number of anilines is 2. The maximum Gasteiger partial charge on any atom is 0.248 e. The fraction of sp³-hybridized carbons (Fsp3) is 0.200. The summed E-state index contributed by atoms with van der Waals surface area (Å²) < 4.78 is 5.86. The fourth-order valence-corrected chi connectivity index (χ4v) is 3.10. The lowest BCUT2D eigenvalue weighted by atomic mass is 10.00. The number of benzene rings is 2. The van der Waals surface area contributed by atoms with E-state index in [1.807, 2.05) is 31.2 Å². The third-order valence-electron chi connectivity index (χ3n) is 4.49. The number of nitrogens with two attached hydrogens (primary N) is 1. The van der Waals surface area contributed by atoms with Crippen molar-refractivity contribution < 1.29 is 4.74 Å². The van der Waals surface area contributed by atoms with Crippen LogP contribution in [0.1, 0.15) is 16.7 Å². The van der Waals surface area contributed by atoms with Crippen LogP contribution in [0.25, 0.3) is 0 Å². The van der Waals surface area contributed by atoms with Crippen LogP contribution in [0.2, 0.25) is 0 Å². The van der Waals surface area contributed by atoms with E-state index < -0.39 is 0 Å². The van der Waals surface area contributed by atoms with Gasteiger partial charge in [0.25, 0.3) is 0 Å². The highest BCUT2D eigenvalue weighted by Gasteiger charge is 2.21. The summed E-state index contributed by atoms with van der Waals surface area (Å²) in [5.74, 6) is 1.84. The zero-order valence-corrected chi connectivity index (χ0v) is 14.1. The van der Waals surface area contributed by atoms with Gasteiger partial charge in [-0.3, -0.25) is 0 Å². The van der Waals surface area contributed by atoms with E-state index in [9.17, 15) is 0 Å². The van der Waals surface area contributed by atoms with Crippen LogP contribution >= 0.6 is 0 Å². The predicted molar refractivity (Wildman–Crippen MR) is 98.9 cm³/mol. The number of ether oxygens (including phenoxy) is 1. The number of aryl methyl sites for hydroxylation is 1. The van der Waals surface area contributed by atoms with E-state index in [1.165, 1.54) is 23.0 Å². The molecule has 0 saturated carbocycles. The zero-order chi connectivity index (χ0) is 17.2. The fourth-order valence-electron chi connectivity index (χ4n) is 3.10. The zero-order valence-electron chi connectivity index (χ0n) is 14.1. The monoisotopic (exact) mass is 332 g/mol. The van der Waals surface area contributed by atoms with Gasteiger partial charge in [0.15, 0.2) is 5.82 Å². The second-order valence-electron chi connectivity index (χ2n) is 6.27. The van der Waals surface area contributed by atoms with Crippen molar-refractivity contribution in [3.63, 3.8) is 0 Å². The molecule has 3 aromatic rings. The smallest absolute Gasteiger partial charge is 0.248 e. The van der Waals surface area contributed by atoms with Crippen molar-refractivity contribution in [3.05, 3.63) is 71.5 Å². The minimum absolute atomic E-state index is 0.396. The largest absolute Gasteiger partial charge is 0.437 e. The normalized spacial score (nSPS) is 13.4. The molecule has 0 radical (unpaired) electrons. The van der Waals surface area contributed by atoms with Gasteiger partial charge in [-0.05, 0) is 36.6 Å². The average molecular weight is 332 g/mol. The number of nitrogens with zero attached hydrogens (tertiary/aromatic N) is 3. The summed E-state index contributed by atoms with van der Waals surface area (Å²) in [6.45, 7) is 3.71. The molecule has 0 saturated heterocycles.